The van der Waals surface area contributed by atoms with Gasteiger partial charge < -0.3 is 14.8 Å². The number of Topliss-reactive ketones (excluding diaryl/α,β-unsaturated/α-hetero) is 1. The average Bonchev–Trinajstić information content (AvgIpc) is 2.70. The zero-order valence-electron chi connectivity index (χ0n) is 18.7. The van der Waals surface area contributed by atoms with Crippen molar-refractivity contribution in [2.24, 2.45) is 5.41 Å². The van der Waals surface area contributed by atoms with E-state index in [4.69, 9.17) is 0 Å². The predicted octanol–water partition coefficient (Wildman–Crippen LogP) is 2.89. The van der Waals surface area contributed by atoms with E-state index in [2.05, 4.69) is 4.98 Å². The molecule has 164 valence electrons. The maximum atomic E-state index is 13.1. The monoisotopic (exact) mass is 423 g/mol. The van der Waals surface area contributed by atoms with Crippen LogP contribution in [-0.2, 0) is 13.0 Å². The van der Waals surface area contributed by atoms with Crippen molar-refractivity contribution >= 4 is 17.6 Å². The van der Waals surface area contributed by atoms with E-state index in [0.29, 0.717) is 42.8 Å². The fourth-order valence-electron chi connectivity index (χ4n) is 3.92. The molecule has 0 aliphatic heterocycles. The second kappa shape index (κ2) is 8.49. The van der Waals surface area contributed by atoms with E-state index in [-0.39, 0.29) is 22.7 Å². The minimum absolute atomic E-state index is 0.0203. The molecule has 0 atom stereocenters. The van der Waals surface area contributed by atoms with Gasteiger partial charge >= 0.3 is 0 Å². The van der Waals surface area contributed by atoms with Crippen LogP contribution in [0, 0.1) is 5.41 Å². The third-order valence-corrected chi connectivity index (χ3v) is 5.60. The van der Waals surface area contributed by atoms with Gasteiger partial charge in [-0.05, 0) is 42.5 Å². The van der Waals surface area contributed by atoms with Gasteiger partial charge in [-0.15, -0.1) is 0 Å². The molecule has 0 radical (unpaired) electrons. The van der Waals surface area contributed by atoms with Gasteiger partial charge in [0.1, 0.15) is 5.56 Å². The number of pyridine rings is 1. The molecule has 1 aromatic carbocycles. The second-order valence-electron chi connectivity index (χ2n) is 9.06. The summed E-state index contributed by atoms with van der Waals surface area (Å²) in [5, 5.41) is 0. The molecule has 1 N–H and O–H groups in total. The molecular weight excluding hydrogens is 394 g/mol. The molecule has 0 saturated carbocycles. The molecule has 1 aliphatic carbocycles. The third kappa shape index (κ3) is 4.76. The van der Waals surface area contributed by atoms with Crippen LogP contribution in [-0.4, -0.2) is 53.0 Å². The molecule has 3 rings (SSSR count). The van der Waals surface area contributed by atoms with Crippen LogP contribution in [0.15, 0.2) is 35.1 Å². The molecule has 1 heterocycles. The first-order chi connectivity index (χ1) is 14.5. The standard InChI is InChI=1S/C24H29N3O4/c1-6-27(14-15-7-9-16(10-8-15)22(30)26(4)5)23(31)18-11-17-19(25-21(18)29)12-24(2,3)13-20(17)28/h7-11H,6,12-14H2,1-5H3,(H,25,29). The van der Waals surface area contributed by atoms with E-state index in [9.17, 15) is 19.2 Å². The van der Waals surface area contributed by atoms with Crippen LogP contribution < -0.4 is 5.56 Å². The first-order valence-electron chi connectivity index (χ1n) is 10.4. The quantitative estimate of drug-likeness (QED) is 0.801. The maximum absolute atomic E-state index is 13.1. The Labute approximate surface area is 182 Å². The molecule has 7 heteroatoms. The summed E-state index contributed by atoms with van der Waals surface area (Å²) >= 11 is 0. The minimum Gasteiger partial charge on any atom is -0.345 e. The van der Waals surface area contributed by atoms with Gasteiger partial charge in [-0.2, -0.15) is 0 Å². The first kappa shape index (κ1) is 22.5. The lowest BCUT2D eigenvalue weighted by Crippen LogP contribution is -2.37. The maximum Gasteiger partial charge on any atom is 0.261 e. The number of amides is 2. The number of carbonyl (C=O) groups excluding carboxylic acids is 3. The number of hydrogen-bond acceptors (Lipinski definition) is 4. The molecule has 0 fully saturated rings. The number of hydrogen-bond donors (Lipinski definition) is 1. The number of rotatable bonds is 5. The van der Waals surface area contributed by atoms with Crippen LogP contribution in [0.2, 0.25) is 0 Å². The van der Waals surface area contributed by atoms with E-state index >= 15 is 0 Å². The largest absolute Gasteiger partial charge is 0.345 e. The molecule has 1 aliphatic rings. The lowest BCUT2D eigenvalue weighted by Gasteiger charge is -2.30. The number of ketones is 1. The Kier molecular flexibility index (Phi) is 6.15. The number of aromatic amines is 1. The van der Waals surface area contributed by atoms with Crippen molar-refractivity contribution in [3.8, 4) is 0 Å². The Hall–Kier alpha value is -3.22. The molecule has 0 spiro atoms. The summed E-state index contributed by atoms with van der Waals surface area (Å²) in [6.07, 6.45) is 0.975. The van der Waals surface area contributed by atoms with Gasteiger partial charge in [-0.25, -0.2) is 0 Å². The molecule has 1 aromatic heterocycles. The van der Waals surface area contributed by atoms with Crippen molar-refractivity contribution in [3.63, 3.8) is 0 Å². The zero-order valence-corrected chi connectivity index (χ0v) is 18.7. The molecule has 0 saturated heterocycles. The lowest BCUT2D eigenvalue weighted by molar-refractivity contribution is 0.0749. The topological polar surface area (TPSA) is 90.6 Å². The normalized spacial score (nSPS) is 14.7. The van der Waals surface area contributed by atoms with Gasteiger partial charge in [0.05, 0.1) is 0 Å². The van der Waals surface area contributed by atoms with Crippen LogP contribution in [0.1, 0.15) is 69.5 Å². The summed E-state index contributed by atoms with van der Waals surface area (Å²) in [5.74, 6) is -0.568. The van der Waals surface area contributed by atoms with Gasteiger partial charge in [-0.3, -0.25) is 19.2 Å². The summed E-state index contributed by atoms with van der Waals surface area (Å²) in [6, 6.07) is 8.50. The first-order valence-corrected chi connectivity index (χ1v) is 10.4. The van der Waals surface area contributed by atoms with E-state index < -0.39 is 11.5 Å². The molecular formula is C24H29N3O4. The highest BCUT2D eigenvalue weighted by Crippen LogP contribution is 2.33. The zero-order chi connectivity index (χ0) is 22.9. The number of carbonyl (C=O) groups is 3. The fourth-order valence-corrected chi connectivity index (χ4v) is 3.92. The summed E-state index contributed by atoms with van der Waals surface area (Å²) < 4.78 is 0. The summed E-state index contributed by atoms with van der Waals surface area (Å²) in [5.41, 5.74) is 1.74. The van der Waals surface area contributed by atoms with Crippen LogP contribution in [0.5, 0.6) is 0 Å². The predicted molar refractivity (Wildman–Crippen MR) is 118 cm³/mol. The highest BCUT2D eigenvalue weighted by atomic mass is 16.2. The highest BCUT2D eigenvalue weighted by molar-refractivity contribution is 6.02. The Bertz CT molecular complexity index is 1080. The van der Waals surface area contributed by atoms with Crippen molar-refractivity contribution in [3.05, 3.63) is 68.6 Å². The van der Waals surface area contributed by atoms with E-state index in [1.165, 1.54) is 11.0 Å². The number of benzene rings is 1. The van der Waals surface area contributed by atoms with Crippen molar-refractivity contribution < 1.29 is 14.4 Å². The number of nitrogens with zero attached hydrogens (tertiary/aromatic N) is 2. The van der Waals surface area contributed by atoms with Crippen molar-refractivity contribution in [2.75, 3.05) is 20.6 Å². The van der Waals surface area contributed by atoms with Crippen LogP contribution >= 0.6 is 0 Å². The Balaban J connectivity index is 1.84. The van der Waals surface area contributed by atoms with Gasteiger partial charge in [0.2, 0.25) is 0 Å². The SMILES string of the molecule is CCN(Cc1ccc(C(=O)N(C)C)cc1)C(=O)c1cc2c([nH]c1=O)CC(C)(C)CC2=O. The van der Waals surface area contributed by atoms with Crippen LogP contribution in [0.4, 0.5) is 0 Å². The summed E-state index contributed by atoms with van der Waals surface area (Å²) in [6.45, 7) is 6.50. The number of nitrogens with one attached hydrogen (secondary N) is 1. The van der Waals surface area contributed by atoms with Crippen LogP contribution in [0.3, 0.4) is 0 Å². The number of H-pyrrole nitrogens is 1. The van der Waals surface area contributed by atoms with E-state index in [0.717, 1.165) is 5.56 Å². The van der Waals surface area contributed by atoms with E-state index in [1.54, 1.807) is 43.3 Å². The van der Waals surface area contributed by atoms with Gasteiger partial charge in [0.15, 0.2) is 5.78 Å². The Morgan fingerprint density at radius 1 is 1.03 bits per heavy atom. The fraction of sp³-hybridized carbons (Fsp3) is 0.417. The van der Waals surface area contributed by atoms with E-state index in [1.807, 2.05) is 20.8 Å². The Morgan fingerprint density at radius 3 is 2.26 bits per heavy atom. The smallest absolute Gasteiger partial charge is 0.261 e. The second-order valence-corrected chi connectivity index (χ2v) is 9.06. The summed E-state index contributed by atoms with van der Waals surface area (Å²) in [4.78, 5) is 56.2. The molecule has 31 heavy (non-hydrogen) atoms. The molecule has 0 unspecified atom stereocenters. The molecule has 7 nitrogen and oxygen atoms in total. The molecule has 2 amide bonds. The van der Waals surface area contributed by atoms with Crippen molar-refractivity contribution in [2.45, 2.75) is 40.2 Å². The van der Waals surface area contributed by atoms with Gasteiger partial charge in [0, 0.05) is 50.4 Å². The minimum atomic E-state index is -0.473. The van der Waals surface area contributed by atoms with Crippen LogP contribution in [0.25, 0.3) is 0 Å². The number of fused-ring (bicyclic) bond motifs is 1. The van der Waals surface area contributed by atoms with Crippen molar-refractivity contribution in [1.29, 1.82) is 0 Å². The Morgan fingerprint density at radius 2 is 1.68 bits per heavy atom. The molecule has 2 aromatic rings. The highest BCUT2D eigenvalue weighted by Gasteiger charge is 2.33. The van der Waals surface area contributed by atoms with Crippen molar-refractivity contribution in [1.82, 2.24) is 14.8 Å². The van der Waals surface area contributed by atoms with Gasteiger partial charge in [-0.1, -0.05) is 26.0 Å². The summed E-state index contributed by atoms with van der Waals surface area (Å²) in [7, 11) is 3.38. The third-order valence-electron chi connectivity index (χ3n) is 5.60. The average molecular weight is 424 g/mol. The molecule has 0 bridgehead atoms. The number of aromatic nitrogens is 1. The van der Waals surface area contributed by atoms with Gasteiger partial charge in [0.25, 0.3) is 17.4 Å². The lowest BCUT2D eigenvalue weighted by atomic mass is 9.75.